The Morgan fingerprint density at radius 1 is 1.50 bits per heavy atom. The minimum Gasteiger partial charge on any atom is -0.293 e. The van der Waals surface area contributed by atoms with Crippen molar-refractivity contribution in [1.29, 1.82) is 0 Å². The summed E-state index contributed by atoms with van der Waals surface area (Å²) in [5, 5.41) is 0.492. The van der Waals surface area contributed by atoms with Crippen molar-refractivity contribution < 1.29 is 4.79 Å². The Kier molecular flexibility index (Phi) is 3.09. The topological polar surface area (TPSA) is 30.0 Å². The average Bonchev–Trinajstić information content (AvgIpc) is 2.32. The van der Waals surface area contributed by atoms with Gasteiger partial charge in [0.05, 0.1) is 0 Å². The Labute approximate surface area is 84.7 Å². The predicted molar refractivity (Wildman–Crippen MR) is 51.3 cm³/mol. The number of halogens is 2. The van der Waals surface area contributed by atoms with Crippen LogP contribution in [0.4, 0.5) is 0 Å². The quantitative estimate of drug-likeness (QED) is 0.721. The van der Waals surface area contributed by atoms with E-state index in [9.17, 15) is 4.79 Å². The number of ketones is 1. The molecule has 1 heterocycles. The van der Waals surface area contributed by atoms with Crippen molar-refractivity contribution in [2.75, 3.05) is 0 Å². The Morgan fingerprint density at radius 3 is 2.42 bits per heavy atom. The van der Waals surface area contributed by atoms with E-state index in [-0.39, 0.29) is 21.9 Å². The molecule has 5 heteroatoms. The number of aromatic nitrogens is 1. The second kappa shape index (κ2) is 3.73. The fourth-order valence-electron chi connectivity index (χ4n) is 0.675. The van der Waals surface area contributed by atoms with E-state index in [1.165, 1.54) is 0 Å². The summed E-state index contributed by atoms with van der Waals surface area (Å²) in [6, 6.07) is 0. The number of Topliss-reactive ketones (excluding diaryl/α,β-unsaturated/α-hetero) is 1. The standard InChI is InChI=1S/C7H7Cl2NOS/c1-3(2)5(11)6-4(8)7(9)10-12-6/h3H,1-2H3. The van der Waals surface area contributed by atoms with E-state index in [1.54, 1.807) is 0 Å². The van der Waals surface area contributed by atoms with Gasteiger partial charge < -0.3 is 0 Å². The maximum absolute atomic E-state index is 11.4. The third-order valence-electron chi connectivity index (χ3n) is 1.35. The number of hydrogen-bond donors (Lipinski definition) is 0. The summed E-state index contributed by atoms with van der Waals surface area (Å²) >= 11 is 12.4. The van der Waals surface area contributed by atoms with Gasteiger partial charge in [0.2, 0.25) is 0 Å². The summed E-state index contributed by atoms with van der Waals surface area (Å²) in [6.45, 7) is 3.62. The Morgan fingerprint density at radius 2 is 2.08 bits per heavy atom. The molecule has 0 unspecified atom stereocenters. The van der Waals surface area contributed by atoms with Crippen LogP contribution in [0.2, 0.25) is 10.2 Å². The molecule has 0 aliphatic rings. The van der Waals surface area contributed by atoms with Crippen LogP contribution in [0.3, 0.4) is 0 Å². The number of carbonyl (C=O) groups excluding carboxylic acids is 1. The highest BCUT2D eigenvalue weighted by molar-refractivity contribution is 7.09. The van der Waals surface area contributed by atoms with Gasteiger partial charge in [-0.1, -0.05) is 37.0 Å². The lowest BCUT2D eigenvalue weighted by molar-refractivity contribution is 0.0943. The average molecular weight is 224 g/mol. The first-order valence-corrected chi connectivity index (χ1v) is 4.92. The SMILES string of the molecule is CC(C)C(=O)c1snc(Cl)c1Cl. The Hall–Kier alpha value is -0.120. The van der Waals surface area contributed by atoms with E-state index in [0.717, 1.165) is 11.5 Å². The molecule has 0 aliphatic carbocycles. The highest BCUT2D eigenvalue weighted by atomic mass is 35.5. The van der Waals surface area contributed by atoms with Crippen LogP contribution >= 0.6 is 34.7 Å². The van der Waals surface area contributed by atoms with Crippen LogP contribution in [0, 0.1) is 5.92 Å². The lowest BCUT2D eigenvalue weighted by Gasteiger charge is -1.99. The third kappa shape index (κ3) is 1.79. The number of rotatable bonds is 2. The zero-order valence-electron chi connectivity index (χ0n) is 6.60. The van der Waals surface area contributed by atoms with Crippen molar-refractivity contribution >= 4 is 40.5 Å². The van der Waals surface area contributed by atoms with E-state index >= 15 is 0 Å². The van der Waals surface area contributed by atoms with Crippen molar-refractivity contribution in [1.82, 2.24) is 4.37 Å². The maximum atomic E-state index is 11.4. The zero-order chi connectivity index (χ0) is 9.30. The second-order valence-electron chi connectivity index (χ2n) is 2.64. The van der Waals surface area contributed by atoms with Gasteiger partial charge >= 0.3 is 0 Å². The van der Waals surface area contributed by atoms with Gasteiger partial charge in [-0.2, -0.15) is 4.37 Å². The molecule has 1 rings (SSSR count). The molecule has 1 aromatic heterocycles. The summed E-state index contributed by atoms with van der Waals surface area (Å²) < 4.78 is 3.77. The van der Waals surface area contributed by atoms with Gasteiger partial charge in [0.1, 0.15) is 9.90 Å². The summed E-state index contributed by atoms with van der Waals surface area (Å²) in [4.78, 5) is 11.9. The fraction of sp³-hybridized carbons (Fsp3) is 0.429. The molecule has 0 saturated heterocycles. The van der Waals surface area contributed by atoms with Crippen LogP contribution in [0.1, 0.15) is 23.5 Å². The van der Waals surface area contributed by atoms with Crippen molar-refractivity contribution in [3.05, 3.63) is 15.1 Å². The van der Waals surface area contributed by atoms with Gasteiger partial charge in [-0.3, -0.25) is 4.79 Å². The molecule has 0 N–H and O–H groups in total. The number of carbonyl (C=O) groups is 1. The molecular weight excluding hydrogens is 217 g/mol. The summed E-state index contributed by atoms with van der Waals surface area (Å²) in [5.41, 5.74) is 0. The van der Waals surface area contributed by atoms with Gasteiger partial charge in [-0.25, -0.2) is 0 Å². The second-order valence-corrected chi connectivity index (χ2v) is 4.14. The highest BCUT2D eigenvalue weighted by Crippen LogP contribution is 2.30. The van der Waals surface area contributed by atoms with E-state index in [0.29, 0.717) is 4.88 Å². The lowest BCUT2D eigenvalue weighted by atomic mass is 10.1. The molecule has 0 fully saturated rings. The number of nitrogens with zero attached hydrogens (tertiary/aromatic N) is 1. The van der Waals surface area contributed by atoms with Crippen molar-refractivity contribution in [3.8, 4) is 0 Å². The van der Waals surface area contributed by atoms with Gasteiger partial charge in [0.25, 0.3) is 0 Å². The largest absolute Gasteiger partial charge is 0.293 e. The van der Waals surface area contributed by atoms with Crippen molar-refractivity contribution in [2.45, 2.75) is 13.8 Å². The Bertz CT molecular complexity index is 308. The molecule has 0 saturated carbocycles. The summed E-state index contributed by atoms with van der Waals surface area (Å²) in [5.74, 6) is -0.0802. The lowest BCUT2D eigenvalue weighted by Crippen LogP contribution is -2.05. The first-order valence-electron chi connectivity index (χ1n) is 3.39. The molecular formula is C7H7Cl2NOS. The molecule has 0 radical (unpaired) electrons. The minimum absolute atomic E-state index is 0.00981. The van der Waals surface area contributed by atoms with Gasteiger partial charge in [0.15, 0.2) is 10.9 Å². The molecule has 0 bridgehead atoms. The first-order chi connectivity index (χ1) is 5.54. The maximum Gasteiger partial charge on any atom is 0.178 e. The third-order valence-corrected chi connectivity index (χ3v) is 3.16. The Balaban J connectivity index is 3.04. The van der Waals surface area contributed by atoms with Crippen LogP contribution in [-0.4, -0.2) is 10.2 Å². The van der Waals surface area contributed by atoms with E-state index in [4.69, 9.17) is 23.2 Å². The fourth-order valence-corrected chi connectivity index (χ4v) is 1.98. The van der Waals surface area contributed by atoms with E-state index in [1.807, 2.05) is 13.8 Å². The van der Waals surface area contributed by atoms with Crippen molar-refractivity contribution in [2.24, 2.45) is 5.92 Å². The van der Waals surface area contributed by atoms with Crippen LogP contribution < -0.4 is 0 Å². The molecule has 0 amide bonds. The molecule has 0 atom stereocenters. The monoisotopic (exact) mass is 223 g/mol. The van der Waals surface area contributed by atoms with Crippen LogP contribution in [-0.2, 0) is 0 Å². The first kappa shape index (κ1) is 9.96. The molecule has 12 heavy (non-hydrogen) atoms. The molecule has 1 aromatic rings. The normalized spacial score (nSPS) is 10.8. The molecule has 2 nitrogen and oxygen atoms in total. The zero-order valence-corrected chi connectivity index (χ0v) is 8.93. The van der Waals surface area contributed by atoms with Crippen LogP contribution in [0.25, 0.3) is 0 Å². The highest BCUT2D eigenvalue weighted by Gasteiger charge is 2.19. The molecule has 0 spiro atoms. The molecule has 0 aliphatic heterocycles. The van der Waals surface area contributed by atoms with Crippen LogP contribution in [0.5, 0.6) is 0 Å². The molecule has 66 valence electrons. The van der Waals surface area contributed by atoms with Gasteiger partial charge in [0, 0.05) is 5.92 Å². The van der Waals surface area contributed by atoms with Crippen molar-refractivity contribution in [3.63, 3.8) is 0 Å². The van der Waals surface area contributed by atoms with E-state index < -0.39 is 0 Å². The van der Waals surface area contributed by atoms with Crippen LogP contribution in [0.15, 0.2) is 0 Å². The minimum atomic E-state index is -0.0704. The summed E-state index contributed by atoms with van der Waals surface area (Å²) in [6.07, 6.45) is 0. The molecule has 0 aromatic carbocycles. The van der Waals surface area contributed by atoms with Gasteiger partial charge in [-0.15, -0.1) is 0 Å². The smallest absolute Gasteiger partial charge is 0.178 e. The van der Waals surface area contributed by atoms with E-state index in [2.05, 4.69) is 4.37 Å². The summed E-state index contributed by atoms with van der Waals surface area (Å²) in [7, 11) is 0. The predicted octanol–water partition coefficient (Wildman–Crippen LogP) is 3.29. The van der Waals surface area contributed by atoms with Gasteiger partial charge in [-0.05, 0) is 11.5 Å². The number of hydrogen-bond acceptors (Lipinski definition) is 3.